The van der Waals surface area contributed by atoms with Crippen LogP contribution in [0.15, 0.2) is 12.3 Å². The Balaban J connectivity index is 2.26. The van der Waals surface area contributed by atoms with Crippen LogP contribution in [0.25, 0.3) is 0 Å². The van der Waals surface area contributed by atoms with E-state index in [9.17, 15) is 4.79 Å². The molecule has 0 fully saturated rings. The third-order valence-electron chi connectivity index (χ3n) is 2.77. The summed E-state index contributed by atoms with van der Waals surface area (Å²) in [5.41, 5.74) is 0.271. The van der Waals surface area contributed by atoms with Gasteiger partial charge in [-0.3, -0.25) is 0 Å². The summed E-state index contributed by atoms with van der Waals surface area (Å²) in [6.45, 7) is 2.60. The van der Waals surface area contributed by atoms with Crippen LogP contribution in [0.4, 0.5) is 0 Å². The molecule has 1 heterocycles. The quantitative estimate of drug-likeness (QED) is 0.389. The van der Waals surface area contributed by atoms with Gasteiger partial charge in [-0.2, -0.15) is 0 Å². The zero-order valence-corrected chi connectivity index (χ0v) is 12.6. The number of hydrogen-bond acceptors (Lipinski definition) is 3. The molecular weight excluding hydrogens is 285 g/mol. The van der Waals surface area contributed by atoms with E-state index in [0.717, 1.165) is 12.8 Å². The zero-order valence-electron chi connectivity index (χ0n) is 11.1. The summed E-state index contributed by atoms with van der Waals surface area (Å²) in [6, 6.07) is 1.42. The molecule has 0 spiro atoms. The van der Waals surface area contributed by atoms with Crippen LogP contribution in [0.1, 0.15) is 55.8 Å². The smallest absolute Gasteiger partial charge is 0.339 e. The fourth-order valence-electron chi connectivity index (χ4n) is 1.69. The lowest BCUT2D eigenvalue weighted by Crippen LogP contribution is -2.07. The molecule has 0 unspecified atom stereocenters. The summed E-state index contributed by atoms with van der Waals surface area (Å²) in [5, 5.41) is 0.494. The summed E-state index contributed by atoms with van der Waals surface area (Å²) < 4.78 is 5.16. The van der Waals surface area contributed by atoms with Crippen LogP contribution in [0.5, 0.6) is 0 Å². The highest BCUT2D eigenvalue weighted by atomic mass is 35.5. The minimum absolute atomic E-state index is 0.232. The number of aromatic nitrogens is 1. The first kappa shape index (κ1) is 16.3. The molecule has 0 aliphatic heterocycles. The van der Waals surface area contributed by atoms with E-state index >= 15 is 0 Å². The van der Waals surface area contributed by atoms with Crippen LogP contribution in [-0.2, 0) is 4.74 Å². The molecule has 0 N–H and O–H groups in total. The van der Waals surface area contributed by atoms with Crippen molar-refractivity contribution in [3.05, 3.63) is 28.0 Å². The fraction of sp³-hybridized carbons (Fsp3) is 0.571. The lowest BCUT2D eigenvalue weighted by atomic mass is 10.1. The maximum absolute atomic E-state index is 11.8. The molecule has 0 saturated carbocycles. The number of esters is 1. The average Bonchev–Trinajstić information content (AvgIpc) is 2.40. The Bertz CT molecular complexity index is 410. The van der Waals surface area contributed by atoms with Gasteiger partial charge in [0.1, 0.15) is 5.15 Å². The third-order valence-corrected chi connectivity index (χ3v) is 3.28. The van der Waals surface area contributed by atoms with E-state index in [1.54, 1.807) is 0 Å². The van der Waals surface area contributed by atoms with E-state index in [4.69, 9.17) is 27.9 Å². The molecule has 1 aromatic rings. The van der Waals surface area contributed by atoms with Crippen LogP contribution in [0, 0.1) is 0 Å². The molecule has 0 aliphatic carbocycles. The Morgan fingerprint density at radius 2 is 1.89 bits per heavy atom. The summed E-state index contributed by atoms with van der Waals surface area (Å²) in [5.74, 6) is -0.442. The predicted octanol–water partition coefficient (Wildman–Crippen LogP) is 4.91. The van der Waals surface area contributed by atoms with E-state index in [1.165, 1.54) is 37.9 Å². The van der Waals surface area contributed by atoms with E-state index in [-0.39, 0.29) is 15.7 Å². The Morgan fingerprint density at radius 1 is 1.21 bits per heavy atom. The minimum atomic E-state index is -0.442. The molecule has 0 amide bonds. The molecule has 5 heteroatoms. The Morgan fingerprint density at radius 3 is 2.63 bits per heavy atom. The molecule has 0 aliphatic rings. The van der Waals surface area contributed by atoms with E-state index < -0.39 is 5.97 Å². The van der Waals surface area contributed by atoms with Crippen LogP contribution in [0.3, 0.4) is 0 Å². The second-order valence-electron chi connectivity index (χ2n) is 4.39. The highest BCUT2D eigenvalue weighted by Gasteiger charge is 2.12. The molecule has 1 aromatic heterocycles. The molecule has 3 nitrogen and oxygen atoms in total. The number of carbonyl (C=O) groups excluding carboxylic acids is 1. The molecular formula is C14H19Cl2NO2. The van der Waals surface area contributed by atoms with Crippen molar-refractivity contribution >= 4 is 29.2 Å². The molecule has 0 saturated heterocycles. The Labute approximate surface area is 124 Å². The van der Waals surface area contributed by atoms with Gasteiger partial charge in [0.25, 0.3) is 0 Å². The molecule has 1 rings (SSSR count). The van der Waals surface area contributed by atoms with E-state index in [2.05, 4.69) is 11.9 Å². The van der Waals surface area contributed by atoms with Crippen molar-refractivity contribution in [1.29, 1.82) is 0 Å². The lowest BCUT2D eigenvalue weighted by Gasteiger charge is -2.06. The van der Waals surface area contributed by atoms with Crippen LogP contribution >= 0.6 is 23.2 Å². The van der Waals surface area contributed by atoms with Crippen LogP contribution < -0.4 is 0 Å². The molecule has 19 heavy (non-hydrogen) atoms. The standard InChI is InChI=1S/C14H19Cl2NO2/c1-2-3-4-5-6-7-8-19-14(18)11-9-13(16)17-10-12(11)15/h9-10H,2-8H2,1H3. The highest BCUT2D eigenvalue weighted by Crippen LogP contribution is 2.19. The summed E-state index contributed by atoms with van der Waals surface area (Å²) in [7, 11) is 0. The van der Waals surface area contributed by atoms with Gasteiger partial charge in [-0.25, -0.2) is 9.78 Å². The van der Waals surface area contributed by atoms with Gasteiger partial charge in [-0.15, -0.1) is 0 Å². The SMILES string of the molecule is CCCCCCCCOC(=O)c1cc(Cl)ncc1Cl. The predicted molar refractivity (Wildman–Crippen MR) is 77.9 cm³/mol. The number of carbonyl (C=O) groups is 1. The first-order valence-corrected chi connectivity index (χ1v) is 7.39. The number of halogens is 2. The second kappa shape index (κ2) is 9.16. The highest BCUT2D eigenvalue weighted by molar-refractivity contribution is 6.34. The van der Waals surface area contributed by atoms with Crippen molar-refractivity contribution in [2.75, 3.05) is 6.61 Å². The van der Waals surface area contributed by atoms with Crippen molar-refractivity contribution in [3.8, 4) is 0 Å². The van der Waals surface area contributed by atoms with E-state index in [1.807, 2.05) is 0 Å². The maximum Gasteiger partial charge on any atom is 0.339 e. The van der Waals surface area contributed by atoms with Gasteiger partial charge < -0.3 is 4.74 Å². The van der Waals surface area contributed by atoms with Crippen molar-refractivity contribution < 1.29 is 9.53 Å². The van der Waals surface area contributed by atoms with Gasteiger partial charge in [0.2, 0.25) is 0 Å². The van der Waals surface area contributed by atoms with Gasteiger partial charge >= 0.3 is 5.97 Å². The number of nitrogens with zero attached hydrogens (tertiary/aromatic N) is 1. The van der Waals surface area contributed by atoms with Crippen LogP contribution in [-0.4, -0.2) is 17.6 Å². The van der Waals surface area contributed by atoms with Crippen LogP contribution in [0.2, 0.25) is 10.2 Å². The monoisotopic (exact) mass is 303 g/mol. The zero-order chi connectivity index (χ0) is 14.1. The van der Waals surface area contributed by atoms with Crippen molar-refractivity contribution in [2.45, 2.75) is 45.4 Å². The molecule has 0 radical (unpaired) electrons. The molecule has 106 valence electrons. The number of rotatable bonds is 8. The largest absolute Gasteiger partial charge is 0.462 e. The number of hydrogen-bond donors (Lipinski definition) is 0. The first-order valence-electron chi connectivity index (χ1n) is 6.63. The maximum atomic E-state index is 11.8. The molecule has 0 aromatic carbocycles. The van der Waals surface area contributed by atoms with Crippen molar-refractivity contribution in [1.82, 2.24) is 4.98 Å². The topological polar surface area (TPSA) is 39.2 Å². The Hall–Kier alpha value is -0.800. The normalized spacial score (nSPS) is 10.5. The minimum Gasteiger partial charge on any atom is -0.462 e. The second-order valence-corrected chi connectivity index (χ2v) is 5.19. The molecule has 0 atom stereocenters. The summed E-state index contributed by atoms with van der Waals surface area (Å²) >= 11 is 11.6. The summed E-state index contributed by atoms with van der Waals surface area (Å²) in [4.78, 5) is 15.5. The van der Waals surface area contributed by atoms with Gasteiger partial charge in [-0.05, 0) is 12.5 Å². The lowest BCUT2D eigenvalue weighted by molar-refractivity contribution is 0.0497. The number of unbranched alkanes of at least 4 members (excludes halogenated alkanes) is 5. The summed E-state index contributed by atoms with van der Waals surface area (Å²) in [6.07, 6.45) is 8.25. The third kappa shape index (κ3) is 6.26. The Kier molecular flexibility index (Phi) is 7.84. The number of ether oxygens (including phenoxy) is 1. The van der Waals surface area contributed by atoms with Crippen molar-refractivity contribution in [2.24, 2.45) is 0 Å². The fourth-order valence-corrected chi connectivity index (χ4v) is 2.03. The number of pyridine rings is 1. The van der Waals surface area contributed by atoms with E-state index in [0.29, 0.717) is 6.61 Å². The first-order chi connectivity index (χ1) is 9.15. The van der Waals surface area contributed by atoms with Gasteiger partial charge in [-0.1, -0.05) is 62.2 Å². The van der Waals surface area contributed by atoms with Gasteiger partial charge in [0.15, 0.2) is 0 Å². The average molecular weight is 304 g/mol. The van der Waals surface area contributed by atoms with Gasteiger partial charge in [0.05, 0.1) is 17.2 Å². The van der Waals surface area contributed by atoms with Crippen molar-refractivity contribution in [3.63, 3.8) is 0 Å². The molecule has 0 bridgehead atoms. The van der Waals surface area contributed by atoms with Gasteiger partial charge in [0, 0.05) is 6.20 Å².